The SMILES string of the molecule is CN=C(NCCCCN1CCN(c2ccccc2)CC1)NC1CCCCC1.I. The van der Waals surface area contributed by atoms with Gasteiger partial charge in [-0.3, -0.25) is 9.89 Å². The number of hydrogen-bond acceptors (Lipinski definition) is 3. The van der Waals surface area contributed by atoms with Gasteiger partial charge in [-0.05, 0) is 44.4 Å². The summed E-state index contributed by atoms with van der Waals surface area (Å²) >= 11 is 0. The predicted octanol–water partition coefficient (Wildman–Crippen LogP) is 3.70. The second-order valence-electron chi connectivity index (χ2n) is 7.85. The van der Waals surface area contributed by atoms with E-state index in [-0.39, 0.29) is 24.0 Å². The molecule has 0 amide bonds. The Bertz CT molecular complexity index is 551. The Morgan fingerprint density at radius 3 is 2.39 bits per heavy atom. The summed E-state index contributed by atoms with van der Waals surface area (Å²) in [6.07, 6.45) is 9.12. The van der Waals surface area contributed by atoms with Crippen LogP contribution in [-0.4, -0.2) is 63.2 Å². The maximum absolute atomic E-state index is 4.39. The molecule has 0 aromatic heterocycles. The van der Waals surface area contributed by atoms with Crippen LogP contribution in [0, 0.1) is 0 Å². The summed E-state index contributed by atoms with van der Waals surface area (Å²) in [6, 6.07) is 11.4. The molecule has 28 heavy (non-hydrogen) atoms. The third-order valence-electron chi connectivity index (χ3n) is 5.86. The molecule has 0 spiro atoms. The Labute approximate surface area is 188 Å². The number of benzene rings is 1. The van der Waals surface area contributed by atoms with Crippen molar-refractivity contribution >= 4 is 35.6 Å². The second-order valence-corrected chi connectivity index (χ2v) is 7.85. The Kier molecular flexibility index (Phi) is 11.0. The highest BCUT2D eigenvalue weighted by Gasteiger charge is 2.17. The van der Waals surface area contributed by atoms with Crippen LogP contribution in [0.25, 0.3) is 0 Å². The zero-order chi connectivity index (χ0) is 18.7. The van der Waals surface area contributed by atoms with E-state index in [1.54, 1.807) is 0 Å². The van der Waals surface area contributed by atoms with Crippen LogP contribution in [0.3, 0.4) is 0 Å². The first-order valence-corrected chi connectivity index (χ1v) is 10.8. The molecule has 1 aromatic carbocycles. The molecule has 2 N–H and O–H groups in total. The summed E-state index contributed by atoms with van der Waals surface area (Å²) in [6.45, 7) is 6.84. The summed E-state index contributed by atoms with van der Waals surface area (Å²) in [7, 11) is 1.88. The quantitative estimate of drug-likeness (QED) is 0.260. The normalized spacial score (nSPS) is 19.2. The van der Waals surface area contributed by atoms with Gasteiger partial charge in [0.05, 0.1) is 0 Å². The molecule has 2 aliphatic rings. The second kappa shape index (κ2) is 13.2. The highest BCUT2D eigenvalue weighted by molar-refractivity contribution is 14.0. The zero-order valence-corrected chi connectivity index (χ0v) is 19.7. The van der Waals surface area contributed by atoms with Gasteiger partial charge < -0.3 is 15.5 Å². The van der Waals surface area contributed by atoms with Crippen LogP contribution in [0.4, 0.5) is 5.69 Å². The Balaban J connectivity index is 0.00000280. The molecule has 1 saturated carbocycles. The molecule has 2 fully saturated rings. The van der Waals surface area contributed by atoms with Gasteiger partial charge in [0.2, 0.25) is 0 Å². The van der Waals surface area contributed by atoms with Gasteiger partial charge in [-0.1, -0.05) is 37.5 Å². The lowest BCUT2D eigenvalue weighted by Crippen LogP contribution is -2.47. The van der Waals surface area contributed by atoms with Crippen LogP contribution in [0.1, 0.15) is 44.9 Å². The molecule has 0 atom stereocenters. The van der Waals surface area contributed by atoms with E-state index in [0.717, 1.165) is 25.6 Å². The summed E-state index contributed by atoms with van der Waals surface area (Å²) in [4.78, 5) is 9.49. The van der Waals surface area contributed by atoms with Gasteiger partial charge in [0.25, 0.3) is 0 Å². The molecule has 0 unspecified atom stereocenters. The van der Waals surface area contributed by atoms with Gasteiger partial charge in [0, 0.05) is 51.5 Å². The van der Waals surface area contributed by atoms with Crippen molar-refractivity contribution in [1.82, 2.24) is 15.5 Å². The van der Waals surface area contributed by atoms with E-state index >= 15 is 0 Å². The van der Waals surface area contributed by atoms with Gasteiger partial charge >= 0.3 is 0 Å². The van der Waals surface area contributed by atoms with E-state index in [1.165, 1.54) is 70.3 Å². The maximum Gasteiger partial charge on any atom is 0.191 e. The van der Waals surface area contributed by atoms with Crippen molar-refractivity contribution in [3.63, 3.8) is 0 Å². The number of para-hydroxylation sites is 1. The number of rotatable bonds is 7. The van der Waals surface area contributed by atoms with Crippen molar-refractivity contribution in [3.05, 3.63) is 30.3 Å². The Morgan fingerprint density at radius 2 is 1.71 bits per heavy atom. The molecule has 1 saturated heterocycles. The molecule has 158 valence electrons. The standard InChI is InChI=1S/C22H37N5.HI/c1-23-22(25-20-10-4-2-5-11-20)24-14-8-9-15-26-16-18-27(19-17-26)21-12-6-3-7-13-21;/h3,6-7,12-13,20H,2,4-5,8-11,14-19H2,1H3,(H2,23,24,25);1H. The topological polar surface area (TPSA) is 42.9 Å². The number of unbranched alkanes of at least 4 members (excludes halogenated alkanes) is 1. The van der Waals surface area contributed by atoms with Crippen LogP contribution in [0.2, 0.25) is 0 Å². The van der Waals surface area contributed by atoms with Crippen molar-refractivity contribution in [3.8, 4) is 0 Å². The number of nitrogens with zero attached hydrogens (tertiary/aromatic N) is 3. The molecule has 1 aliphatic carbocycles. The van der Waals surface area contributed by atoms with Crippen LogP contribution in [0.15, 0.2) is 35.3 Å². The fourth-order valence-corrected chi connectivity index (χ4v) is 4.17. The van der Waals surface area contributed by atoms with E-state index in [1.807, 2.05) is 7.05 Å². The number of anilines is 1. The van der Waals surface area contributed by atoms with Crippen LogP contribution in [-0.2, 0) is 0 Å². The van der Waals surface area contributed by atoms with E-state index in [9.17, 15) is 0 Å². The largest absolute Gasteiger partial charge is 0.369 e. The average Bonchev–Trinajstić information content (AvgIpc) is 2.74. The first-order valence-electron chi connectivity index (χ1n) is 10.8. The van der Waals surface area contributed by atoms with E-state index in [2.05, 4.69) is 55.8 Å². The third-order valence-corrected chi connectivity index (χ3v) is 5.86. The van der Waals surface area contributed by atoms with Gasteiger partial charge in [0.1, 0.15) is 0 Å². The molecule has 1 aromatic rings. The van der Waals surface area contributed by atoms with Crippen LogP contribution < -0.4 is 15.5 Å². The molecule has 5 nitrogen and oxygen atoms in total. The molecule has 0 bridgehead atoms. The minimum atomic E-state index is 0. The van der Waals surface area contributed by atoms with Gasteiger partial charge in [0.15, 0.2) is 5.96 Å². The number of piperazine rings is 1. The fraction of sp³-hybridized carbons (Fsp3) is 0.682. The van der Waals surface area contributed by atoms with Gasteiger partial charge in [-0.15, -0.1) is 24.0 Å². The molecule has 3 rings (SSSR count). The molecule has 6 heteroatoms. The van der Waals surface area contributed by atoms with E-state index < -0.39 is 0 Å². The summed E-state index contributed by atoms with van der Waals surface area (Å²) in [5, 5.41) is 7.08. The summed E-state index contributed by atoms with van der Waals surface area (Å²) in [5.74, 6) is 0.985. The van der Waals surface area contributed by atoms with Crippen molar-refractivity contribution in [2.24, 2.45) is 4.99 Å². The minimum absolute atomic E-state index is 0. The van der Waals surface area contributed by atoms with Gasteiger partial charge in [-0.2, -0.15) is 0 Å². The zero-order valence-electron chi connectivity index (χ0n) is 17.4. The highest BCUT2D eigenvalue weighted by Crippen LogP contribution is 2.17. The molecular formula is C22H38IN5. The first kappa shape index (κ1) is 23.3. The van der Waals surface area contributed by atoms with Crippen LogP contribution >= 0.6 is 24.0 Å². The van der Waals surface area contributed by atoms with Crippen molar-refractivity contribution < 1.29 is 0 Å². The lowest BCUT2D eigenvalue weighted by molar-refractivity contribution is 0.253. The van der Waals surface area contributed by atoms with E-state index in [0.29, 0.717) is 6.04 Å². The average molecular weight is 499 g/mol. The van der Waals surface area contributed by atoms with Crippen molar-refractivity contribution in [2.45, 2.75) is 51.0 Å². The maximum atomic E-state index is 4.39. The first-order chi connectivity index (χ1) is 13.3. The molecular weight excluding hydrogens is 461 g/mol. The number of aliphatic imine (C=N–C) groups is 1. The third kappa shape index (κ3) is 7.78. The van der Waals surface area contributed by atoms with Crippen molar-refractivity contribution in [2.75, 3.05) is 51.2 Å². The lowest BCUT2D eigenvalue weighted by atomic mass is 9.96. The Hall–Kier alpha value is -1.02. The van der Waals surface area contributed by atoms with Crippen molar-refractivity contribution in [1.29, 1.82) is 0 Å². The van der Waals surface area contributed by atoms with Gasteiger partial charge in [-0.25, -0.2) is 0 Å². The Morgan fingerprint density at radius 1 is 1.00 bits per heavy atom. The molecule has 1 heterocycles. The monoisotopic (exact) mass is 499 g/mol. The van der Waals surface area contributed by atoms with Crippen LogP contribution in [0.5, 0.6) is 0 Å². The lowest BCUT2D eigenvalue weighted by Gasteiger charge is -2.36. The summed E-state index contributed by atoms with van der Waals surface area (Å²) < 4.78 is 0. The number of halogens is 1. The summed E-state index contributed by atoms with van der Waals surface area (Å²) in [5.41, 5.74) is 1.36. The smallest absolute Gasteiger partial charge is 0.191 e. The minimum Gasteiger partial charge on any atom is -0.369 e. The fourth-order valence-electron chi connectivity index (χ4n) is 4.17. The highest BCUT2D eigenvalue weighted by atomic mass is 127. The predicted molar refractivity (Wildman–Crippen MR) is 131 cm³/mol. The number of hydrogen-bond donors (Lipinski definition) is 2. The van der Waals surface area contributed by atoms with E-state index in [4.69, 9.17) is 0 Å². The molecule has 0 radical (unpaired) electrons. The molecule has 1 aliphatic heterocycles. The number of guanidine groups is 1. The number of nitrogens with one attached hydrogen (secondary N) is 2.